The molecule has 1 aliphatic heterocycles. The van der Waals surface area contributed by atoms with Crippen LogP contribution < -0.4 is 5.32 Å². The quantitative estimate of drug-likeness (QED) is 0.679. The fraction of sp³-hybridized carbons (Fsp3) is 0.667. The van der Waals surface area contributed by atoms with Crippen molar-refractivity contribution in [1.29, 1.82) is 0 Å². The lowest BCUT2D eigenvalue weighted by Gasteiger charge is -2.22. The molecule has 0 saturated carbocycles. The molecule has 1 saturated heterocycles. The van der Waals surface area contributed by atoms with E-state index in [1.165, 1.54) is 12.8 Å². The summed E-state index contributed by atoms with van der Waals surface area (Å²) < 4.78 is 2.07. The standard InChI is InChI=1S/C9H13BrN4O2/c10-8-6-13(12-9(8)14(15)16)5-7-3-1-2-4-11-7/h6-7,11H,1-5H2. The van der Waals surface area contributed by atoms with Crippen molar-refractivity contribution in [2.45, 2.75) is 31.8 Å². The second kappa shape index (κ2) is 4.92. The summed E-state index contributed by atoms with van der Waals surface area (Å²) in [5, 5.41) is 17.9. The Morgan fingerprint density at radius 2 is 2.50 bits per heavy atom. The first-order valence-electron chi connectivity index (χ1n) is 5.27. The molecule has 1 aromatic heterocycles. The first-order chi connectivity index (χ1) is 7.66. The van der Waals surface area contributed by atoms with E-state index in [2.05, 4.69) is 26.3 Å². The van der Waals surface area contributed by atoms with Crippen LogP contribution in [0.5, 0.6) is 0 Å². The lowest BCUT2D eigenvalue weighted by molar-refractivity contribution is -0.390. The van der Waals surface area contributed by atoms with Gasteiger partial charge in [-0.3, -0.25) is 0 Å². The highest BCUT2D eigenvalue weighted by Gasteiger charge is 2.21. The molecule has 0 radical (unpaired) electrons. The second-order valence-corrected chi connectivity index (χ2v) is 4.78. The Morgan fingerprint density at radius 1 is 1.69 bits per heavy atom. The van der Waals surface area contributed by atoms with Crippen molar-refractivity contribution in [3.8, 4) is 0 Å². The molecule has 2 rings (SSSR count). The Balaban J connectivity index is 2.03. The molecule has 6 nitrogen and oxygen atoms in total. The molecule has 1 atom stereocenters. The van der Waals surface area contributed by atoms with E-state index in [-0.39, 0.29) is 5.82 Å². The van der Waals surface area contributed by atoms with E-state index in [1.807, 2.05) is 0 Å². The topological polar surface area (TPSA) is 73.0 Å². The molecule has 1 N–H and O–H groups in total. The number of nitrogens with zero attached hydrogens (tertiary/aromatic N) is 3. The number of halogens is 1. The third kappa shape index (κ3) is 2.59. The fourth-order valence-corrected chi connectivity index (χ4v) is 2.37. The lowest BCUT2D eigenvalue weighted by atomic mass is 10.1. The van der Waals surface area contributed by atoms with Crippen molar-refractivity contribution in [3.63, 3.8) is 0 Å². The van der Waals surface area contributed by atoms with Crippen molar-refractivity contribution in [3.05, 3.63) is 20.8 Å². The van der Waals surface area contributed by atoms with Crippen LogP contribution in [0.3, 0.4) is 0 Å². The monoisotopic (exact) mass is 288 g/mol. The summed E-state index contributed by atoms with van der Waals surface area (Å²) in [5.41, 5.74) is 0. The van der Waals surface area contributed by atoms with Crippen LogP contribution in [0.25, 0.3) is 0 Å². The Bertz CT molecular complexity index is 387. The Hall–Kier alpha value is -0.950. The van der Waals surface area contributed by atoms with Crippen molar-refractivity contribution in [1.82, 2.24) is 15.1 Å². The third-order valence-electron chi connectivity index (χ3n) is 2.69. The number of rotatable bonds is 3. The highest BCUT2D eigenvalue weighted by molar-refractivity contribution is 9.10. The Kier molecular flexibility index (Phi) is 3.55. The van der Waals surface area contributed by atoms with Crippen LogP contribution in [0.2, 0.25) is 0 Å². The number of aromatic nitrogens is 2. The number of nitrogens with one attached hydrogen (secondary N) is 1. The van der Waals surface area contributed by atoms with Crippen molar-refractivity contribution in [2.24, 2.45) is 0 Å². The maximum atomic E-state index is 10.6. The highest BCUT2D eigenvalue weighted by atomic mass is 79.9. The molecule has 16 heavy (non-hydrogen) atoms. The van der Waals surface area contributed by atoms with E-state index in [0.29, 0.717) is 17.1 Å². The number of hydrogen-bond acceptors (Lipinski definition) is 4. The Morgan fingerprint density at radius 3 is 3.06 bits per heavy atom. The molecular weight excluding hydrogens is 276 g/mol. The van der Waals surface area contributed by atoms with Gasteiger partial charge in [0, 0.05) is 6.04 Å². The van der Waals surface area contributed by atoms with Gasteiger partial charge in [-0.05, 0) is 40.2 Å². The normalized spacial score (nSPS) is 20.9. The van der Waals surface area contributed by atoms with Crippen molar-refractivity contribution < 1.29 is 4.92 Å². The average Bonchev–Trinajstić information content (AvgIpc) is 2.61. The van der Waals surface area contributed by atoms with Gasteiger partial charge >= 0.3 is 5.82 Å². The van der Waals surface area contributed by atoms with Crippen molar-refractivity contribution >= 4 is 21.7 Å². The molecule has 0 aliphatic carbocycles. The van der Waals surface area contributed by atoms with Gasteiger partial charge in [0.15, 0.2) is 0 Å². The van der Waals surface area contributed by atoms with Gasteiger partial charge in [-0.1, -0.05) is 6.42 Å². The molecule has 1 fully saturated rings. The first kappa shape index (κ1) is 11.5. The maximum Gasteiger partial charge on any atom is 0.404 e. The molecule has 0 spiro atoms. The van der Waals surface area contributed by atoms with E-state index in [1.54, 1.807) is 10.9 Å². The molecule has 7 heteroatoms. The van der Waals surface area contributed by atoms with E-state index >= 15 is 0 Å². The Labute approximate surface area is 101 Å². The van der Waals surface area contributed by atoms with Crippen LogP contribution in [-0.4, -0.2) is 27.3 Å². The van der Waals surface area contributed by atoms with Crippen LogP contribution in [0, 0.1) is 10.1 Å². The van der Waals surface area contributed by atoms with Gasteiger partial charge in [0.2, 0.25) is 0 Å². The molecular formula is C9H13BrN4O2. The molecule has 1 aliphatic rings. The first-order valence-corrected chi connectivity index (χ1v) is 6.07. The van der Waals surface area contributed by atoms with E-state index < -0.39 is 4.92 Å². The van der Waals surface area contributed by atoms with Gasteiger partial charge in [-0.25, -0.2) is 0 Å². The summed E-state index contributed by atoms with van der Waals surface area (Å²) in [4.78, 5) is 10.1. The van der Waals surface area contributed by atoms with Gasteiger partial charge < -0.3 is 15.4 Å². The summed E-state index contributed by atoms with van der Waals surface area (Å²) in [5.74, 6) is -0.115. The van der Waals surface area contributed by atoms with Gasteiger partial charge in [0.1, 0.15) is 4.47 Å². The lowest BCUT2D eigenvalue weighted by Crippen LogP contribution is -2.37. The minimum atomic E-state index is -0.477. The number of hydrogen-bond donors (Lipinski definition) is 1. The van der Waals surface area contributed by atoms with Gasteiger partial charge in [-0.15, -0.1) is 0 Å². The smallest absolute Gasteiger partial charge is 0.358 e. The highest BCUT2D eigenvalue weighted by Crippen LogP contribution is 2.22. The minimum absolute atomic E-state index is 0.115. The minimum Gasteiger partial charge on any atom is -0.358 e. The zero-order valence-electron chi connectivity index (χ0n) is 8.73. The van der Waals surface area contributed by atoms with Crippen LogP contribution in [0.4, 0.5) is 5.82 Å². The zero-order chi connectivity index (χ0) is 11.5. The van der Waals surface area contributed by atoms with E-state index in [9.17, 15) is 10.1 Å². The number of piperidine rings is 1. The maximum absolute atomic E-state index is 10.6. The van der Waals surface area contributed by atoms with Gasteiger partial charge in [0.05, 0.1) is 17.8 Å². The van der Waals surface area contributed by atoms with Crippen LogP contribution in [0.15, 0.2) is 10.7 Å². The largest absolute Gasteiger partial charge is 0.404 e. The SMILES string of the molecule is O=[N+]([O-])c1nn(CC2CCCCN2)cc1Br. The van der Waals surface area contributed by atoms with Crippen LogP contribution >= 0.6 is 15.9 Å². The van der Waals surface area contributed by atoms with E-state index in [0.717, 1.165) is 13.0 Å². The van der Waals surface area contributed by atoms with E-state index in [4.69, 9.17) is 0 Å². The van der Waals surface area contributed by atoms with Gasteiger partial charge in [-0.2, -0.15) is 4.68 Å². The molecule has 1 aromatic rings. The number of nitro groups is 1. The fourth-order valence-electron chi connectivity index (χ4n) is 1.91. The predicted molar refractivity (Wildman–Crippen MR) is 62.2 cm³/mol. The molecule has 1 unspecified atom stereocenters. The molecule has 0 aromatic carbocycles. The second-order valence-electron chi connectivity index (χ2n) is 3.93. The predicted octanol–water partition coefficient (Wildman–Crippen LogP) is 1.70. The van der Waals surface area contributed by atoms with Crippen LogP contribution in [0.1, 0.15) is 19.3 Å². The summed E-state index contributed by atoms with van der Waals surface area (Å²) in [7, 11) is 0. The molecule has 0 amide bonds. The zero-order valence-corrected chi connectivity index (χ0v) is 10.3. The molecule has 88 valence electrons. The van der Waals surface area contributed by atoms with Crippen LogP contribution in [-0.2, 0) is 6.54 Å². The van der Waals surface area contributed by atoms with Gasteiger partial charge in [0.25, 0.3) is 0 Å². The summed E-state index contributed by atoms with van der Waals surface area (Å²) >= 11 is 3.14. The summed E-state index contributed by atoms with van der Waals surface area (Å²) in [6.07, 6.45) is 5.18. The average molecular weight is 289 g/mol. The third-order valence-corrected chi connectivity index (χ3v) is 3.25. The summed E-state index contributed by atoms with van der Waals surface area (Å²) in [6, 6.07) is 0.375. The van der Waals surface area contributed by atoms with Crippen molar-refractivity contribution in [2.75, 3.05) is 6.54 Å². The summed E-state index contributed by atoms with van der Waals surface area (Å²) in [6.45, 7) is 1.71. The molecule has 2 heterocycles. The molecule has 0 bridgehead atoms.